The van der Waals surface area contributed by atoms with Gasteiger partial charge in [-0.2, -0.15) is 0 Å². The fourth-order valence-corrected chi connectivity index (χ4v) is 3.17. The Labute approximate surface area is 145 Å². The Morgan fingerprint density at radius 3 is 1.32 bits per heavy atom. The topological polar surface area (TPSA) is 115 Å². The first-order chi connectivity index (χ1) is 11.8. The van der Waals surface area contributed by atoms with Gasteiger partial charge in [-0.3, -0.25) is 9.59 Å². The lowest BCUT2D eigenvalue weighted by Crippen LogP contribution is -2.30. The first-order valence-electron chi connectivity index (χ1n) is 7.88. The van der Waals surface area contributed by atoms with Crippen LogP contribution in [0.5, 0.6) is 11.5 Å². The van der Waals surface area contributed by atoms with Gasteiger partial charge in [0.05, 0.1) is 11.8 Å². The van der Waals surface area contributed by atoms with Gasteiger partial charge in [0.2, 0.25) is 0 Å². The van der Waals surface area contributed by atoms with Gasteiger partial charge in [-0.25, -0.2) is 0 Å². The summed E-state index contributed by atoms with van der Waals surface area (Å²) in [4.78, 5) is 23.8. The summed E-state index contributed by atoms with van der Waals surface area (Å²) in [6, 6.07) is 11.5. The molecule has 2 aromatic carbocycles. The van der Waals surface area contributed by atoms with Crippen LogP contribution in [0.4, 0.5) is 0 Å². The fraction of sp³-hybridized carbons (Fsp3) is 0.263. The van der Waals surface area contributed by atoms with Crippen LogP contribution >= 0.6 is 0 Å². The highest BCUT2D eigenvalue weighted by Gasteiger charge is 2.38. The molecule has 4 N–H and O–H groups in total. The molecule has 6 heteroatoms. The number of carbonyl (C=O) groups is 2. The van der Waals surface area contributed by atoms with Crippen molar-refractivity contribution in [2.75, 3.05) is 0 Å². The normalized spacial score (nSPS) is 14.4. The molecule has 0 aliphatic rings. The molecule has 0 aliphatic carbocycles. The number of carboxylic acids is 2. The minimum atomic E-state index is -1.12. The van der Waals surface area contributed by atoms with Crippen molar-refractivity contribution in [3.63, 3.8) is 0 Å². The molecule has 2 unspecified atom stereocenters. The van der Waals surface area contributed by atoms with Crippen LogP contribution in [0.25, 0.3) is 0 Å². The lowest BCUT2D eigenvalue weighted by atomic mass is 9.73. The van der Waals surface area contributed by atoms with Gasteiger partial charge in [-0.1, -0.05) is 37.6 Å². The largest absolute Gasteiger partial charge is 0.508 e. The average Bonchev–Trinajstić information content (AvgIpc) is 2.56. The van der Waals surface area contributed by atoms with Crippen molar-refractivity contribution in [1.29, 1.82) is 0 Å². The van der Waals surface area contributed by atoms with E-state index >= 15 is 0 Å². The minimum absolute atomic E-state index is 0.00857. The summed E-state index contributed by atoms with van der Waals surface area (Å²) in [5.41, 5.74) is 0.865. The molecule has 0 radical (unpaired) electrons. The molecule has 2 aromatic rings. The van der Waals surface area contributed by atoms with E-state index in [1.165, 1.54) is 48.5 Å². The van der Waals surface area contributed by atoms with Gasteiger partial charge in [0.15, 0.2) is 0 Å². The predicted octanol–water partition coefficient (Wildman–Crippen LogP) is 3.16. The molecule has 0 amide bonds. The van der Waals surface area contributed by atoms with Crippen molar-refractivity contribution in [2.24, 2.45) is 5.92 Å². The summed E-state index contributed by atoms with van der Waals surface area (Å²) in [5, 5.41) is 38.3. The van der Waals surface area contributed by atoms with Crippen molar-refractivity contribution in [1.82, 2.24) is 0 Å². The van der Waals surface area contributed by atoms with E-state index in [0.717, 1.165) is 0 Å². The number of aromatic hydroxyl groups is 2. The molecule has 0 aromatic heterocycles. The molecule has 132 valence electrons. The molecule has 0 saturated heterocycles. The smallest absolute Gasteiger partial charge is 0.311 e. The lowest BCUT2D eigenvalue weighted by Gasteiger charge is -2.29. The molecule has 0 bridgehead atoms. The number of benzene rings is 2. The monoisotopic (exact) mass is 344 g/mol. The third kappa shape index (κ3) is 4.09. The number of hydrogen-bond donors (Lipinski definition) is 4. The Kier molecular flexibility index (Phi) is 5.64. The van der Waals surface area contributed by atoms with Crippen molar-refractivity contribution in [2.45, 2.75) is 25.2 Å². The number of phenolic OH excluding ortho intramolecular Hbond substituents is 2. The highest BCUT2D eigenvalue weighted by Crippen LogP contribution is 2.39. The quantitative estimate of drug-likeness (QED) is 0.613. The Morgan fingerprint density at radius 2 is 1.08 bits per heavy atom. The van der Waals surface area contributed by atoms with Gasteiger partial charge in [0.25, 0.3) is 0 Å². The first kappa shape index (κ1) is 18.3. The molecule has 6 nitrogen and oxygen atoms in total. The number of phenols is 2. The molecule has 0 spiro atoms. The highest BCUT2D eigenvalue weighted by molar-refractivity contribution is 5.81. The molecule has 2 rings (SSSR count). The van der Waals surface area contributed by atoms with Gasteiger partial charge in [0, 0.05) is 0 Å². The number of hydrogen-bond acceptors (Lipinski definition) is 4. The van der Waals surface area contributed by atoms with Crippen LogP contribution in [0.1, 0.15) is 36.3 Å². The minimum Gasteiger partial charge on any atom is -0.508 e. The Morgan fingerprint density at radius 1 is 0.760 bits per heavy atom. The van der Waals surface area contributed by atoms with Crippen LogP contribution in [0, 0.1) is 5.92 Å². The second kappa shape index (κ2) is 7.70. The highest BCUT2D eigenvalue weighted by atomic mass is 16.4. The molecule has 2 atom stereocenters. The maximum Gasteiger partial charge on any atom is 0.311 e. The molecule has 0 heterocycles. The van der Waals surface area contributed by atoms with Crippen molar-refractivity contribution in [3.8, 4) is 11.5 Å². The van der Waals surface area contributed by atoms with Crippen molar-refractivity contribution in [3.05, 3.63) is 59.7 Å². The van der Waals surface area contributed by atoms with Crippen LogP contribution in [-0.2, 0) is 9.59 Å². The average molecular weight is 344 g/mol. The first-order valence-corrected chi connectivity index (χ1v) is 7.88. The second-order valence-corrected chi connectivity index (χ2v) is 5.89. The Bertz CT molecular complexity index is 672. The summed E-state index contributed by atoms with van der Waals surface area (Å²) < 4.78 is 0. The van der Waals surface area contributed by atoms with E-state index in [9.17, 15) is 30.0 Å². The van der Waals surface area contributed by atoms with Gasteiger partial charge >= 0.3 is 11.9 Å². The van der Waals surface area contributed by atoms with E-state index in [1.807, 2.05) is 0 Å². The van der Waals surface area contributed by atoms with Crippen molar-refractivity contribution < 1.29 is 30.0 Å². The van der Waals surface area contributed by atoms with Crippen LogP contribution in [0.3, 0.4) is 0 Å². The number of rotatable bonds is 7. The molecule has 0 aliphatic heterocycles. The van der Waals surface area contributed by atoms with Crippen LogP contribution in [-0.4, -0.2) is 32.4 Å². The third-order valence-corrected chi connectivity index (χ3v) is 4.36. The second-order valence-electron chi connectivity index (χ2n) is 5.89. The molecule has 0 saturated carbocycles. The van der Waals surface area contributed by atoms with Crippen LogP contribution < -0.4 is 0 Å². The Balaban J connectivity index is 2.50. The van der Waals surface area contributed by atoms with Gasteiger partial charge < -0.3 is 20.4 Å². The standard InChI is InChI=1S/C19H20O6/c1-2-15(16(18(22)23)11-3-7-13(20)8-4-11)17(19(24)25)12-5-9-14(21)10-6-12/h3-10,15-17,20-21H,2H2,1H3,(H,22,23)(H,24,25). The fourth-order valence-electron chi connectivity index (χ4n) is 3.17. The maximum atomic E-state index is 11.9. The van der Waals surface area contributed by atoms with E-state index in [-0.39, 0.29) is 11.5 Å². The van der Waals surface area contributed by atoms with E-state index in [0.29, 0.717) is 17.5 Å². The summed E-state index contributed by atoms with van der Waals surface area (Å²) in [6.07, 6.45) is 0.329. The van der Waals surface area contributed by atoms with Gasteiger partial charge in [-0.15, -0.1) is 0 Å². The van der Waals surface area contributed by atoms with E-state index in [1.54, 1.807) is 6.92 Å². The third-order valence-electron chi connectivity index (χ3n) is 4.36. The van der Waals surface area contributed by atoms with Gasteiger partial charge in [0.1, 0.15) is 11.5 Å². The zero-order valence-corrected chi connectivity index (χ0v) is 13.7. The number of aliphatic carboxylic acids is 2. The van der Waals surface area contributed by atoms with E-state index in [4.69, 9.17) is 0 Å². The summed E-state index contributed by atoms with van der Waals surface area (Å²) >= 11 is 0. The van der Waals surface area contributed by atoms with Crippen LogP contribution in [0.15, 0.2) is 48.5 Å². The predicted molar refractivity (Wildman–Crippen MR) is 90.7 cm³/mol. The molecular weight excluding hydrogens is 324 g/mol. The molecule has 25 heavy (non-hydrogen) atoms. The zero-order chi connectivity index (χ0) is 18.6. The summed E-state index contributed by atoms with van der Waals surface area (Å²) in [7, 11) is 0. The summed E-state index contributed by atoms with van der Waals surface area (Å²) in [5.74, 6) is -5.02. The SMILES string of the molecule is CCC(C(C(=O)O)c1ccc(O)cc1)C(C(=O)O)c1ccc(O)cc1. The lowest BCUT2D eigenvalue weighted by molar-refractivity contribution is -0.144. The maximum absolute atomic E-state index is 11.9. The molecular formula is C19H20O6. The zero-order valence-electron chi connectivity index (χ0n) is 13.7. The Hall–Kier alpha value is -3.02. The number of carboxylic acid groups (broad SMARTS) is 2. The van der Waals surface area contributed by atoms with Crippen LogP contribution in [0.2, 0.25) is 0 Å². The van der Waals surface area contributed by atoms with E-state index in [2.05, 4.69) is 0 Å². The van der Waals surface area contributed by atoms with E-state index < -0.39 is 29.7 Å². The van der Waals surface area contributed by atoms with Crippen molar-refractivity contribution >= 4 is 11.9 Å². The molecule has 0 fully saturated rings. The summed E-state index contributed by atoms with van der Waals surface area (Å²) in [6.45, 7) is 1.75. The van der Waals surface area contributed by atoms with Gasteiger partial charge in [-0.05, 0) is 41.3 Å².